The highest BCUT2D eigenvalue weighted by atomic mass is 15.1. The first-order chi connectivity index (χ1) is 7.61. The quantitative estimate of drug-likeness (QED) is 0.854. The number of benzene rings is 1. The fraction of sp³-hybridized carbons (Fsp3) is 0.385. The summed E-state index contributed by atoms with van der Waals surface area (Å²) in [5.41, 5.74) is 1.92. The van der Waals surface area contributed by atoms with E-state index in [4.69, 9.17) is 0 Å². The Morgan fingerprint density at radius 3 is 2.56 bits per heavy atom. The molecule has 0 spiro atoms. The van der Waals surface area contributed by atoms with E-state index in [1.54, 1.807) is 6.20 Å². The summed E-state index contributed by atoms with van der Waals surface area (Å²) in [5.74, 6) is 0.838. The molecule has 0 atom stereocenters. The van der Waals surface area contributed by atoms with Crippen molar-refractivity contribution in [3.8, 4) is 0 Å². The van der Waals surface area contributed by atoms with E-state index in [0.717, 1.165) is 23.3 Å². The van der Waals surface area contributed by atoms with Crippen LogP contribution in [0.1, 0.15) is 27.2 Å². The molecule has 2 rings (SSSR count). The Hall–Kier alpha value is -1.64. The summed E-state index contributed by atoms with van der Waals surface area (Å²) in [6, 6.07) is 7.90. The minimum atomic E-state index is 0.0527. The summed E-state index contributed by atoms with van der Waals surface area (Å²) in [7, 11) is 0. The second kappa shape index (κ2) is 4.08. The monoisotopic (exact) mass is 215 g/mol. The van der Waals surface area contributed by atoms with Gasteiger partial charge in [-0.15, -0.1) is 0 Å². The molecule has 0 saturated heterocycles. The highest BCUT2D eigenvalue weighted by Crippen LogP contribution is 2.17. The summed E-state index contributed by atoms with van der Waals surface area (Å²) in [4.78, 5) is 8.91. The maximum Gasteiger partial charge on any atom is 0.145 e. The average Bonchev–Trinajstić information content (AvgIpc) is 2.28. The number of anilines is 1. The SMILES string of the molecule is CCC(C)(C)Nc1cnc2ccccc2n1. The third-order valence-corrected chi connectivity index (χ3v) is 2.80. The van der Waals surface area contributed by atoms with E-state index in [1.807, 2.05) is 24.3 Å². The summed E-state index contributed by atoms with van der Waals surface area (Å²) in [6.45, 7) is 6.47. The maximum atomic E-state index is 4.53. The normalized spacial score (nSPS) is 11.7. The molecule has 16 heavy (non-hydrogen) atoms. The molecule has 1 N–H and O–H groups in total. The molecule has 2 aromatic rings. The fourth-order valence-corrected chi connectivity index (χ4v) is 1.45. The lowest BCUT2D eigenvalue weighted by Crippen LogP contribution is -2.30. The summed E-state index contributed by atoms with van der Waals surface area (Å²) in [6.07, 6.45) is 2.83. The average molecular weight is 215 g/mol. The zero-order valence-corrected chi connectivity index (χ0v) is 9.99. The molecular weight excluding hydrogens is 198 g/mol. The van der Waals surface area contributed by atoms with Crippen molar-refractivity contribution in [3.05, 3.63) is 30.5 Å². The van der Waals surface area contributed by atoms with Crippen molar-refractivity contribution in [2.24, 2.45) is 0 Å². The second-order valence-electron chi connectivity index (χ2n) is 4.61. The van der Waals surface area contributed by atoms with Crippen LogP contribution in [0.2, 0.25) is 0 Å². The van der Waals surface area contributed by atoms with E-state index in [2.05, 4.69) is 36.1 Å². The van der Waals surface area contributed by atoms with Crippen LogP contribution in [0.25, 0.3) is 11.0 Å². The molecule has 0 bridgehead atoms. The van der Waals surface area contributed by atoms with Gasteiger partial charge in [-0.05, 0) is 32.4 Å². The summed E-state index contributed by atoms with van der Waals surface area (Å²) < 4.78 is 0. The highest BCUT2D eigenvalue weighted by molar-refractivity contribution is 5.75. The molecule has 0 aliphatic rings. The Morgan fingerprint density at radius 2 is 1.88 bits per heavy atom. The van der Waals surface area contributed by atoms with Gasteiger partial charge in [-0.25, -0.2) is 4.98 Å². The van der Waals surface area contributed by atoms with Gasteiger partial charge in [0.2, 0.25) is 0 Å². The van der Waals surface area contributed by atoms with Crippen LogP contribution in [0.4, 0.5) is 5.82 Å². The number of aromatic nitrogens is 2. The molecule has 0 saturated carbocycles. The van der Waals surface area contributed by atoms with Gasteiger partial charge in [-0.1, -0.05) is 19.1 Å². The van der Waals surface area contributed by atoms with E-state index in [-0.39, 0.29) is 5.54 Å². The van der Waals surface area contributed by atoms with Gasteiger partial charge in [0, 0.05) is 5.54 Å². The van der Waals surface area contributed by atoms with Crippen LogP contribution in [-0.4, -0.2) is 15.5 Å². The Kier molecular flexibility index (Phi) is 2.77. The van der Waals surface area contributed by atoms with E-state index in [9.17, 15) is 0 Å². The van der Waals surface area contributed by atoms with Crippen LogP contribution in [-0.2, 0) is 0 Å². The van der Waals surface area contributed by atoms with E-state index in [0.29, 0.717) is 0 Å². The molecule has 1 heterocycles. The minimum Gasteiger partial charge on any atom is -0.364 e. The molecule has 0 fully saturated rings. The lowest BCUT2D eigenvalue weighted by molar-refractivity contribution is 0.545. The number of hydrogen-bond donors (Lipinski definition) is 1. The molecule has 0 amide bonds. The van der Waals surface area contributed by atoms with Crippen LogP contribution in [0.5, 0.6) is 0 Å². The van der Waals surface area contributed by atoms with Crippen molar-refractivity contribution in [1.82, 2.24) is 9.97 Å². The molecule has 0 aliphatic carbocycles. The topological polar surface area (TPSA) is 37.8 Å². The summed E-state index contributed by atoms with van der Waals surface area (Å²) >= 11 is 0. The lowest BCUT2D eigenvalue weighted by Gasteiger charge is -2.24. The van der Waals surface area contributed by atoms with Gasteiger partial charge in [-0.2, -0.15) is 0 Å². The third-order valence-electron chi connectivity index (χ3n) is 2.80. The van der Waals surface area contributed by atoms with Gasteiger partial charge >= 0.3 is 0 Å². The van der Waals surface area contributed by atoms with Gasteiger partial charge in [0.05, 0.1) is 17.2 Å². The Bertz CT molecular complexity index is 491. The first kappa shape index (κ1) is 10.9. The Labute approximate surface area is 95.9 Å². The molecule has 84 valence electrons. The first-order valence-electron chi connectivity index (χ1n) is 5.61. The van der Waals surface area contributed by atoms with E-state index >= 15 is 0 Å². The Balaban J connectivity index is 2.33. The second-order valence-corrected chi connectivity index (χ2v) is 4.61. The van der Waals surface area contributed by atoms with Crippen LogP contribution in [0.15, 0.2) is 30.5 Å². The smallest absolute Gasteiger partial charge is 0.145 e. The van der Waals surface area contributed by atoms with Crippen LogP contribution >= 0.6 is 0 Å². The number of rotatable bonds is 3. The maximum absolute atomic E-state index is 4.53. The number of fused-ring (bicyclic) bond motifs is 1. The Morgan fingerprint density at radius 1 is 1.19 bits per heavy atom. The minimum absolute atomic E-state index is 0.0527. The largest absolute Gasteiger partial charge is 0.364 e. The molecule has 0 unspecified atom stereocenters. The molecular formula is C13H17N3. The van der Waals surface area contributed by atoms with Crippen molar-refractivity contribution < 1.29 is 0 Å². The molecule has 3 heteroatoms. The number of nitrogens with one attached hydrogen (secondary N) is 1. The van der Waals surface area contributed by atoms with Crippen molar-refractivity contribution in [2.75, 3.05) is 5.32 Å². The molecule has 3 nitrogen and oxygen atoms in total. The zero-order chi connectivity index (χ0) is 11.6. The van der Waals surface area contributed by atoms with Gasteiger partial charge in [-0.3, -0.25) is 4.98 Å². The van der Waals surface area contributed by atoms with Crippen molar-refractivity contribution in [2.45, 2.75) is 32.7 Å². The van der Waals surface area contributed by atoms with Crippen LogP contribution in [0, 0.1) is 0 Å². The van der Waals surface area contributed by atoms with Crippen molar-refractivity contribution in [3.63, 3.8) is 0 Å². The number of para-hydroxylation sites is 2. The zero-order valence-electron chi connectivity index (χ0n) is 9.99. The molecule has 0 radical (unpaired) electrons. The predicted molar refractivity (Wildman–Crippen MR) is 67.5 cm³/mol. The third kappa shape index (κ3) is 2.30. The molecule has 1 aromatic carbocycles. The van der Waals surface area contributed by atoms with E-state index in [1.165, 1.54) is 0 Å². The lowest BCUT2D eigenvalue weighted by atomic mass is 10.0. The number of hydrogen-bond acceptors (Lipinski definition) is 3. The summed E-state index contributed by atoms with van der Waals surface area (Å²) in [5, 5.41) is 3.39. The molecule has 0 aliphatic heterocycles. The van der Waals surface area contributed by atoms with Crippen molar-refractivity contribution >= 4 is 16.9 Å². The van der Waals surface area contributed by atoms with Crippen LogP contribution < -0.4 is 5.32 Å². The van der Waals surface area contributed by atoms with Crippen LogP contribution in [0.3, 0.4) is 0 Å². The first-order valence-corrected chi connectivity index (χ1v) is 5.61. The van der Waals surface area contributed by atoms with E-state index < -0.39 is 0 Å². The molecule has 1 aromatic heterocycles. The van der Waals surface area contributed by atoms with Gasteiger partial charge < -0.3 is 5.32 Å². The number of nitrogens with zero attached hydrogens (tertiary/aromatic N) is 2. The predicted octanol–water partition coefficient (Wildman–Crippen LogP) is 3.23. The fourth-order valence-electron chi connectivity index (χ4n) is 1.45. The van der Waals surface area contributed by atoms with Gasteiger partial charge in [0.25, 0.3) is 0 Å². The van der Waals surface area contributed by atoms with Gasteiger partial charge in [0.1, 0.15) is 5.82 Å². The van der Waals surface area contributed by atoms with Crippen molar-refractivity contribution in [1.29, 1.82) is 0 Å². The standard InChI is InChI=1S/C13H17N3/c1-4-13(2,3)16-12-9-14-10-7-5-6-8-11(10)15-12/h5-9H,4H2,1-3H3,(H,15,16). The van der Waals surface area contributed by atoms with Gasteiger partial charge in [0.15, 0.2) is 0 Å². The highest BCUT2D eigenvalue weighted by Gasteiger charge is 2.14.